The number of carbonyl (C=O) groups is 2. The van der Waals surface area contributed by atoms with Gasteiger partial charge in [0.05, 0.1) is 18.4 Å². The molecule has 134 valence electrons. The molecular formula is C18H15ClN2O5. The van der Waals surface area contributed by atoms with Crippen molar-refractivity contribution in [2.45, 2.75) is 0 Å². The lowest BCUT2D eigenvalue weighted by Crippen LogP contribution is -2.06. The SMILES string of the molecule is COc1cccc2c(Nc3cccc(C(=O)O)c3)c(C(=O)O)cnc12.Cl. The Kier molecular flexibility index (Phi) is 5.64. The summed E-state index contributed by atoms with van der Waals surface area (Å²) in [6.07, 6.45) is 1.25. The van der Waals surface area contributed by atoms with Gasteiger partial charge in [0, 0.05) is 17.3 Å². The van der Waals surface area contributed by atoms with Crippen molar-refractivity contribution >= 4 is 46.6 Å². The van der Waals surface area contributed by atoms with Gasteiger partial charge in [-0.05, 0) is 24.3 Å². The lowest BCUT2D eigenvalue weighted by molar-refractivity contribution is 0.0686. The Morgan fingerprint density at radius 2 is 1.81 bits per heavy atom. The number of ether oxygens (including phenoxy) is 1. The van der Waals surface area contributed by atoms with Crippen LogP contribution < -0.4 is 10.1 Å². The van der Waals surface area contributed by atoms with E-state index in [0.29, 0.717) is 28.0 Å². The van der Waals surface area contributed by atoms with E-state index < -0.39 is 11.9 Å². The van der Waals surface area contributed by atoms with Crippen LogP contribution in [0.5, 0.6) is 5.75 Å². The highest BCUT2D eigenvalue weighted by Gasteiger charge is 2.17. The number of benzene rings is 2. The van der Waals surface area contributed by atoms with E-state index in [1.54, 1.807) is 30.3 Å². The molecule has 0 saturated heterocycles. The molecule has 0 unspecified atom stereocenters. The Morgan fingerprint density at radius 3 is 2.46 bits per heavy atom. The number of hydrogen-bond donors (Lipinski definition) is 3. The summed E-state index contributed by atoms with van der Waals surface area (Å²) in [5.41, 5.74) is 1.35. The number of aromatic carboxylic acids is 2. The lowest BCUT2D eigenvalue weighted by Gasteiger charge is -2.14. The molecule has 7 nitrogen and oxygen atoms in total. The zero-order valence-electron chi connectivity index (χ0n) is 13.6. The maximum atomic E-state index is 11.6. The summed E-state index contributed by atoms with van der Waals surface area (Å²) >= 11 is 0. The van der Waals surface area contributed by atoms with Gasteiger partial charge in [-0.2, -0.15) is 0 Å². The van der Waals surface area contributed by atoms with Gasteiger partial charge in [0.25, 0.3) is 0 Å². The maximum absolute atomic E-state index is 11.6. The van der Waals surface area contributed by atoms with Crippen molar-refractivity contribution in [3.8, 4) is 5.75 Å². The molecule has 0 radical (unpaired) electrons. The van der Waals surface area contributed by atoms with Gasteiger partial charge in [-0.15, -0.1) is 12.4 Å². The molecule has 8 heteroatoms. The van der Waals surface area contributed by atoms with Crippen LogP contribution in [0, 0.1) is 0 Å². The topological polar surface area (TPSA) is 109 Å². The predicted molar refractivity (Wildman–Crippen MR) is 99.2 cm³/mol. The van der Waals surface area contributed by atoms with Crippen molar-refractivity contribution < 1.29 is 24.5 Å². The summed E-state index contributed by atoms with van der Waals surface area (Å²) in [6.45, 7) is 0. The summed E-state index contributed by atoms with van der Waals surface area (Å²) < 4.78 is 5.27. The molecule has 0 aliphatic rings. The van der Waals surface area contributed by atoms with Gasteiger partial charge in [-0.25, -0.2) is 9.59 Å². The second-order valence-corrected chi connectivity index (χ2v) is 5.22. The highest BCUT2D eigenvalue weighted by molar-refractivity contribution is 6.06. The van der Waals surface area contributed by atoms with Gasteiger partial charge < -0.3 is 20.3 Å². The van der Waals surface area contributed by atoms with E-state index in [1.165, 1.54) is 25.4 Å². The number of pyridine rings is 1. The van der Waals surface area contributed by atoms with E-state index in [-0.39, 0.29) is 23.5 Å². The van der Waals surface area contributed by atoms with E-state index in [2.05, 4.69) is 10.3 Å². The van der Waals surface area contributed by atoms with Gasteiger partial charge in [-0.3, -0.25) is 4.98 Å². The molecule has 0 aliphatic carbocycles. The fourth-order valence-corrected chi connectivity index (χ4v) is 2.53. The maximum Gasteiger partial charge on any atom is 0.339 e. The summed E-state index contributed by atoms with van der Waals surface area (Å²) in [5.74, 6) is -1.70. The number of nitrogens with zero attached hydrogens (tertiary/aromatic N) is 1. The summed E-state index contributed by atoms with van der Waals surface area (Å²) in [4.78, 5) is 26.9. The molecule has 0 atom stereocenters. The summed E-state index contributed by atoms with van der Waals surface area (Å²) in [7, 11) is 1.50. The van der Waals surface area contributed by atoms with Crippen LogP contribution in [0.3, 0.4) is 0 Å². The monoisotopic (exact) mass is 374 g/mol. The number of nitrogens with one attached hydrogen (secondary N) is 1. The molecule has 3 rings (SSSR count). The van der Waals surface area contributed by atoms with Gasteiger partial charge in [0.2, 0.25) is 0 Å². The van der Waals surface area contributed by atoms with Crippen LogP contribution in [0.25, 0.3) is 10.9 Å². The highest BCUT2D eigenvalue weighted by atomic mass is 35.5. The zero-order chi connectivity index (χ0) is 18.0. The Balaban J connectivity index is 0.00000243. The van der Waals surface area contributed by atoms with Crippen molar-refractivity contribution in [3.05, 3.63) is 59.8 Å². The number of halogens is 1. The number of methoxy groups -OCH3 is 1. The van der Waals surface area contributed by atoms with Crippen molar-refractivity contribution in [1.82, 2.24) is 4.98 Å². The molecule has 26 heavy (non-hydrogen) atoms. The number of rotatable bonds is 5. The number of aromatic nitrogens is 1. The Morgan fingerprint density at radius 1 is 1.08 bits per heavy atom. The number of anilines is 2. The van der Waals surface area contributed by atoms with Crippen molar-refractivity contribution in [3.63, 3.8) is 0 Å². The first-order valence-electron chi connectivity index (χ1n) is 7.30. The first-order valence-corrected chi connectivity index (χ1v) is 7.30. The van der Waals surface area contributed by atoms with Crippen molar-refractivity contribution in [2.24, 2.45) is 0 Å². The summed E-state index contributed by atoms with van der Waals surface area (Å²) in [6, 6.07) is 11.3. The Hall–Kier alpha value is -3.32. The molecule has 1 aromatic heterocycles. The third-order valence-corrected chi connectivity index (χ3v) is 3.69. The third kappa shape index (κ3) is 3.52. The fourth-order valence-electron chi connectivity index (χ4n) is 2.53. The predicted octanol–water partition coefficient (Wildman–Crippen LogP) is 3.81. The minimum atomic E-state index is -1.14. The van der Waals surface area contributed by atoms with E-state index >= 15 is 0 Å². The third-order valence-electron chi connectivity index (χ3n) is 3.69. The molecule has 3 N–H and O–H groups in total. The minimum Gasteiger partial charge on any atom is -0.494 e. The van der Waals surface area contributed by atoms with E-state index in [4.69, 9.17) is 9.84 Å². The number of carboxylic acids is 2. The molecule has 0 spiro atoms. The van der Waals surface area contributed by atoms with Crippen LogP contribution >= 0.6 is 12.4 Å². The number of hydrogen-bond acceptors (Lipinski definition) is 5. The van der Waals surface area contributed by atoms with Crippen molar-refractivity contribution in [2.75, 3.05) is 12.4 Å². The largest absolute Gasteiger partial charge is 0.494 e. The molecule has 0 bridgehead atoms. The van der Waals surface area contributed by atoms with E-state index in [0.717, 1.165) is 0 Å². The lowest BCUT2D eigenvalue weighted by atomic mass is 10.1. The summed E-state index contributed by atoms with van der Waals surface area (Å²) in [5, 5.41) is 22.1. The molecular weight excluding hydrogens is 360 g/mol. The van der Waals surface area contributed by atoms with Crippen LogP contribution in [-0.2, 0) is 0 Å². The van der Waals surface area contributed by atoms with Gasteiger partial charge in [0.15, 0.2) is 0 Å². The van der Waals surface area contributed by atoms with Crippen LogP contribution in [0.15, 0.2) is 48.7 Å². The highest BCUT2D eigenvalue weighted by Crippen LogP contribution is 2.33. The van der Waals surface area contributed by atoms with Crippen molar-refractivity contribution in [1.29, 1.82) is 0 Å². The molecule has 2 aromatic carbocycles. The van der Waals surface area contributed by atoms with Gasteiger partial charge in [-0.1, -0.05) is 18.2 Å². The zero-order valence-corrected chi connectivity index (χ0v) is 14.4. The smallest absolute Gasteiger partial charge is 0.339 e. The molecule has 3 aromatic rings. The average Bonchev–Trinajstić information content (AvgIpc) is 2.61. The molecule has 0 fully saturated rings. The second-order valence-electron chi connectivity index (χ2n) is 5.22. The normalized spacial score (nSPS) is 10.0. The molecule has 1 heterocycles. The van der Waals surface area contributed by atoms with Gasteiger partial charge in [0.1, 0.15) is 16.8 Å². The quantitative estimate of drug-likeness (QED) is 0.623. The second kappa shape index (κ2) is 7.71. The first-order chi connectivity index (χ1) is 12.0. The van der Waals surface area contributed by atoms with E-state index in [9.17, 15) is 14.7 Å². The van der Waals surface area contributed by atoms with Gasteiger partial charge >= 0.3 is 11.9 Å². The molecule has 0 saturated carbocycles. The Labute approximate surface area is 154 Å². The molecule has 0 aliphatic heterocycles. The van der Waals surface area contributed by atoms with E-state index in [1.807, 2.05) is 0 Å². The standard InChI is InChI=1S/C18H14N2O5.ClH/c1-25-14-7-3-6-12-15(13(18(23)24)9-19-16(12)14)20-11-5-2-4-10(8-11)17(21)22;/h2-9H,1H3,(H,19,20)(H,21,22)(H,23,24);1H. The van der Waals surface area contributed by atoms with Crippen LogP contribution in [0.2, 0.25) is 0 Å². The number of para-hydroxylation sites is 1. The Bertz CT molecular complexity index is 990. The minimum absolute atomic E-state index is 0. The first kappa shape index (κ1) is 19.0. The fraction of sp³-hybridized carbons (Fsp3) is 0.0556. The average molecular weight is 375 g/mol. The number of carboxylic acid groups (broad SMARTS) is 2. The number of fused-ring (bicyclic) bond motifs is 1. The molecule has 0 amide bonds. The van der Waals surface area contributed by atoms with Crippen LogP contribution in [0.4, 0.5) is 11.4 Å². The van der Waals surface area contributed by atoms with Crippen LogP contribution in [0.1, 0.15) is 20.7 Å². The van der Waals surface area contributed by atoms with Crippen LogP contribution in [-0.4, -0.2) is 34.2 Å².